The lowest BCUT2D eigenvalue weighted by atomic mass is 10.2. The van der Waals surface area contributed by atoms with Crippen molar-refractivity contribution in [3.8, 4) is 5.75 Å². The number of ether oxygens (including phenoxy) is 1. The van der Waals surface area contributed by atoms with Crippen LogP contribution in [0.3, 0.4) is 0 Å². The minimum Gasteiger partial charge on any atom is -0.493 e. The number of nitrogen functional groups attached to an aromatic ring is 1. The molecule has 0 atom stereocenters. The van der Waals surface area contributed by atoms with E-state index in [2.05, 4.69) is 9.97 Å². The molecule has 0 saturated carbocycles. The van der Waals surface area contributed by atoms with Gasteiger partial charge in [0.05, 0.1) is 23.7 Å². The molecule has 3 heterocycles. The SMILES string of the molecule is Nc1ncc2c(n1)CN(S(=O)(=O)c1ccc3c(c1)CCO3)C2. The second kappa shape index (κ2) is 4.65. The molecule has 7 nitrogen and oxygen atoms in total. The highest BCUT2D eigenvalue weighted by atomic mass is 32.2. The standard InChI is InChI=1S/C14H14N4O3S/c15-14-16-6-10-7-18(8-12(10)17-14)22(19,20)11-1-2-13-9(5-11)3-4-21-13/h1-2,5-6H,3-4,7-8H2,(H2,15,16,17). The third kappa shape index (κ3) is 2.03. The number of nitrogens with zero attached hydrogens (tertiary/aromatic N) is 3. The summed E-state index contributed by atoms with van der Waals surface area (Å²) in [7, 11) is -3.57. The summed E-state index contributed by atoms with van der Waals surface area (Å²) in [6.07, 6.45) is 2.32. The number of fused-ring (bicyclic) bond motifs is 2. The average molecular weight is 318 g/mol. The third-order valence-electron chi connectivity index (χ3n) is 3.94. The van der Waals surface area contributed by atoms with Gasteiger partial charge in [-0.05, 0) is 23.8 Å². The highest BCUT2D eigenvalue weighted by Crippen LogP contribution is 2.31. The van der Waals surface area contributed by atoms with Gasteiger partial charge in [-0.3, -0.25) is 0 Å². The van der Waals surface area contributed by atoms with E-state index in [0.717, 1.165) is 23.3 Å². The van der Waals surface area contributed by atoms with Crippen molar-refractivity contribution in [2.24, 2.45) is 0 Å². The normalized spacial score (nSPS) is 17.1. The number of sulfonamides is 1. The summed E-state index contributed by atoms with van der Waals surface area (Å²) in [6.45, 7) is 1.09. The van der Waals surface area contributed by atoms with E-state index in [0.29, 0.717) is 12.3 Å². The number of anilines is 1. The second-order valence-corrected chi connectivity index (χ2v) is 7.28. The first-order chi connectivity index (χ1) is 10.5. The van der Waals surface area contributed by atoms with Crippen LogP contribution in [0.4, 0.5) is 5.95 Å². The molecule has 1 aromatic heterocycles. The lowest BCUT2D eigenvalue weighted by molar-refractivity contribution is 0.356. The molecule has 0 radical (unpaired) electrons. The number of nitrogens with two attached hydrogens (primary N) is 1. The summed E-state index contributed by atoms with van der Waals surface area (Å²) in [5.41, 5.74) is 7.95. The zero-order chi connectivity index (χ0) is 15.3. The maximum absolute atomic E-state index is 12.8. The summed E-state index contributed by atoms with van der Waals surface area (Å²) in [5, 5.41) is 0. The minimum absolute atomic E-state index is 0.160. The molecule has 2 aliphatic rings. The van der Waals surface area contributed by atoms with Gasteiger partial charge in [0.2, 0.25) is 16.0 Å². The van der Waals surface area contributed by atoms with Gasteiger partial charge < -0.3 is 10.5 Å². The van der Waals surface area contributed by atoms with Crippen molar-refractivity contribution in [3.05, 3.63) is 41.2 Å². The van der Waals surface area contributed by atoms with Gasteiger partial charge in [0.15, 0.2) is 0 Å². The van der Waals surface area contributed by atoms with Gasteiger partial charge in [-0.15, -0.1) is 0 Å². The number of aromatic nitrogens is 2. The average Bonchev–Trinajstić information content (AvgIpc) is 3.12. The zero-order valence-corrected chi connectivity index (χ0v) is 12.5. The van der Waals surface area contributed by atoms with Crippen LogP contribution in [0.15, 0.2) is 29.3 Å². The highest BCUT2D eigenvalue weighted by Gasteiger charge is 2.32. The second-order valence-electron chi connectivity index (χ2n) is 5.34. The Labute approximate surface area is 127 Å². The largest absolute Gasteiger partial charge is 0.493 e. The lowest BCUT2D eigenvalue weighted by Crippen LogP contribution is -2.25. The predicted octanol–water partition coefficient (Wildman–Crippen LogP) is 0.698. The molecule has 8 heteroatoms. The van der Waals surface area contributed by atoms with Crippen molar-refractivity contribution in [1.82, 2.24) is 14.3 Å². The molecular weight excluding hydrogens is 304 g/mol. The Morgan fingerprint density at radius 2 is 2.09 bits per heavy atom. The molecule has 0 bridgehead atoms. The first kappa shape index (κ1) is 13.5. The fraction of sp³-hybridized carbons (Fsp3) is 0.286. The van der Waals surface area contributed by atoms with E-state index in [1.165, 1.54) is 4.31 Å². The molecule has 0 aliphatic carbocycles. The number of hydrogen-bond donors (Lipinski definition) is 1. The quantitative estimate of drug-likeness (QED) is 0.875. The smallest absolute Gasteiger partial charge is 0.243 e. The molecule has 2 N–H and O–H groups in total. The van der Waals surface area contributed by atoms with Gasteiger partial charge in [0.1, 0.15) is 5.75 Å². The van der Waals surface area contributed by atoms with Crippen LogP contribution in [-0.4, -0.2) is 29.3 Å². The number of rotatable bonds is 2. The Balaban J connectivity index is 1.68. The van der Waals surface area contributed by atoms with Crippen LogP contribution in [0.1, 0.15) is 16.8 Å². The highest BCUT2D eigenvalue weighted by molar-refractivity contribution is 7.89. The van der Waals surface area contributed by atoms with E-state index in [1.54, 1.807) is 24.4 Å². The van der Waals surface area contributed by atoms with Gasteiger partial charge >= 0.3 is 0 Å². The maximum Gasteiger partial charge on any atom is 0.243 e. The summed E-state index contributed by atoms with van der Waals surface area (Å²) < 4.78 is 32.4. The van der Waals surface area contributed by atoms with E-state index in [9.17, 15) is 8.42 Å². The first-order valence-corrected chi connectivity index (χ1v) is 8.34. The first-order valence-electron chi connectivity index (χ1n) is 6.90. The molecule has 2 aliphatic heterocycles. The zero-order valence-electron chi connectivity index (χ0n) is 11.7. The summed E-state index contributed by atoms with van der Waals surface area (Å²) in [5.74, 6) is 0.926. The molecule has 0 unspecified atom stereocenters. The van der Waals surface area contributed by atoms with E-state index in [-0.39, 0.29) is 23.9 Å². The van der Waals surface area contributed by atoms with E-state index in [1.807, 2.05) is 0 Å². The molecule has 0 spiro atoms. The minimum atomic E-state index is -3.57. The molecule has 1 aromatic carbocycles. The van der Waals surface area contributed by atoms with E-state index >= 15 is 0 Å². The molecule has 2 aromatic rings. The molecule has 4 rings (SSSR count). The topological polar surface area (TPSA) is 98.4 Å². The van der Waals surface area contributed by atoms with Crippen molar-refractivity contribution in [2.45, 2.75) is 24.4 Å². The number of hydrogen-bond acceptors (Lipinski definition) is 6. The van der Waals surface area contributed by atoms with Gasteiger partial charge in [-0.25, -0.2) is 18.4 Å². The van der Waals surface area contributed by atoms with Gasteiger partial charge in [0, 0.05) is 24.7 Å². The molecule has 114 valence electrons. The van der Waals surface area contributed by atoms with E-state index < -0.39 is 10.0 Å². The Kier molecular flexibility index (Phi) is 2.85. The summed E-state index contributed by atoms with van der Waals surface area (Å²) in [6, 6.07) is 5.00. The fourth-order valence-electron chi connectivity index (χ4n) is 2.78. The summed E-state index contributed by atoms with van der Waals surface area (Å²) in [4.78, 5) is 8.31. The fourth-order valence-corrected chi connectivity index (χ4v) is 4.21. The molecule has 22 heavy (non-hydrogen) atoms. The van der Waals surface area contributed by atoms with Crippen LogP contribution in [0, 0.1) is 0 Å². The van der Waals surface area contributed by atoms with Crippen molar-refractivity contribution >= 4 is 16.0 Å². The molecule has 0 saturated heterocycles. The van der Waals surface area contributed by atoms with Crippen LogP contribution < -0.4 is 10.5 Å². The van der Waals surface area contributed by atoms with Gasteiger partial charge in [-0.1, -0.05) is 0 Å². The van der Waals surface area contributed by atoms with E-state index in [4.69, 9.17) is 10.5 Å². The Morgan fingerprint density at radius 3 is 2.95 bits per heavy atom. The van der Waals surface area contributed by atoms with Crippen molar-refractivity contribution in [1.29, 1.82) is 0 Å². The molecule has 0 fully saturated rings. The van der Waals surface area contributed by atoms with Crippen LogP contribution in [-0.2, 0) is 29.5 Å². The Bertz CT molecular complexity index is 866. The Hall–Kier alpha value is -2.19. The van der Waals surface area contributed by atoms with Crippen molar-refractivity contribution in [3.63, 3.8) is 0 Å². The monoisotopic (exact) mass is 318 g/mol. The predicted molar refractivity (Wildman–Crippen MR) is 78.5 cm³/mol. The molecular formula is C14H14N4O3S. The van der Waals surface area contributed by atoms with Crippen molar-refractivity contribution in [2.75, 3.05) is 12.3 Å². The Morgan fingerprint density at radius 1 is 1.23 bits per heavy atom. The van der Waals surface area contributed by atoms with Crippen LogP contribution >= 0.6 is 0 Å². The van der Waals surface area contributed by atoms with Crippen molar-refractivity contribution < 1.29 is 13.2 Å². The maximum atomic E-state index is 12.8. The van der Waals surface area contributed by atoms with Crippen LogP contribution in [0.25, 0.3) is 0 Å². The van der Waals surface area contributed by atoms with Crippen LogP contribution in [0.5, 0.6) is 5.75 Å². The lowest BCUT2D eigenvalue weighted by Gasteiger charge is -2.15. The molecule has 0 amide bonds. The number of benzene rings is 1. The van der Waals surface area contributed by atoms with Crippen LogP contribution in [0.2, 0.25) is 0 Å². The van der Waals surface area contributed by atoms with Gasteiger partial charge in [0.25, 0.3) is 0 Å². The third-order valence-corrected chi connectivity index (χ3v) is 5.73. The summed E-state index contributed by atoms with van der Waals surface area (Å²) >= 11 is 0. The van der Waals surface area contributed by atoms with Gasteiger partial charge in [-0.2, -0.15) is 4.31 Å².